The fourth-order valence-corrected chi connectivity index (χ4v) is 2.48. The number of rotatable bonds is 7. The molecule has 128 valence electrons. The van der Waals surface area contributed by atoms with Crippen LogP contribution in [0.4, 0.5) is 5.69 Å². The van der Waals surface area contributed by atoms with Crippen molar-refractivity contribution in [2.45, 2.75) is 26.7 Å². The van der Waals surface area contributed by atoms with Crippen LogP contribution in [0.15, 0.2) is 35.9 Å². The van der Waals surface area contributed by atoms with Gasteiger partial charge in [-0.3, -0.25) is 9.78 Å². The molecule has 0 radical (unpaired) electrons. The molecule has 0 aliphatic heterocycles. The second-order valence-electron chi connectivity index (χ2n) is 5.11. The predicted molar refractivity (Wildman–Crippen MR) is 93.7 cm³/mol. The topological polar surface area (TPSA) is 72.6 Å². The van der Waals surface area contributed by atoms with Gasteiger partial charge >= 0.3 is 0 Å². The van der Waals surface area contributed by atoms with Gasteiger partial charge in [0, 0.05) is 19.2 Å². The van der Waals surface area contributed by atoms with Gasteiger partial charge < -0.3 is 9.74 Å². The summed E-state index contributed by atoms with van der Waals surface area (Å²) in [5.74, 6) is -0.0456. The summed E-state index contributed by atoms with van der Waals surface area (Å²) in [6.45, 7) is 4.21. The van der Waals surface area contributed by atoms with E-state index in [-0.39, 0.29) is 11.1 Å². The van der Waals surface area contributed by atoms with E-state index in [1.54, 1.807) is 28.2 Å². The third-order valence-electron chi connectivity index (χ3n) is 3.42. The van der Waals surface area contributed by atoms with E-state index in [2.05, 4.69) is 15.2 Å². The molecule has 0 unspecified atom stereocenters. The maximum Gasteiger partial charge on any atom is 0.227 e. The summed E-state index contributed by atoms with van der Waals surface area (Å²) < 4.78 is 1.61. The molecule has 0 aliphatic rings. The van der Waals surface area contributed by atoms with Crippen molar-refractivity contribution >= 4 is 28.9 Å². The number of aromatic nitrogens is 3. The molecule has 0 saturated carbocycles. The summed E-state index contributed by atoms with van der Waals surface area (Å²) >= 11 is 6.23. The van der Waals surface area contributed by atoms with Crippen LogP contribution in [-0.4, -0.2) is 40.0 Å². The molecular weight excluding hydrogens is 330 g/mol. The molecule has 0 saturated heterocycles. The highest BCUT2D eigenvalue weighted by atomic mass is 35.5. The molecule has 2 aromatic rings. The van der Waals surface area contributed by atoms with Crippen molar-refractivity contribution in [2.75, 3.05) is 18.6 Å². The average molecular weight is 350 g/mol. The number of carbonyl (C=O) groups excluding carboxylic acids is 1. The van der Waals surface area contributed by atoms with E-state index in [1.807, 2.05) is 26.0 Å². The summed E-state index contributed by atoms with van der Waals surface area (Å²) in [5, 5.41) is 8.35. The van der Waals surface area contributed by atoms with Crippen LogP contribution in [0, 0.1) is 0 Å². The molecule has 0 aliphatic carbocycles. The van der Waals surface area contributed by atoms with Gasteiger partial charge in [-0.2, -0.15) is 5.10 Å². The first kappa shape index (κ1) is 17.9. The van der Waals surface area contributed by atoms with Gasteiger partial charge in [0.2, 0.25) is 5.91 Å². The molecule has 0 aromatic carbocycles. The molecule has 2 rings (SSSR count). The predicted octanol–water partition coefficient (Wildman–Crippen LogP) is 3.08. The minimum Gasteiger partial charge on any atom is -0.399 e. The Kier molecular flexibility index (Phi) is 6.31. The minimum absolute atomic E-state index is 0.0456. The van der Waals surface area contributed by atoms with Crippen molar-refractivity contribution < 1.29 is 9.63 Å². The fourth-order valence-electron chi connectivity index (χ4n) is 2.25. The Bertz CT molecular complexity index is 715. The maximum atomic E-state index is 12.5. The Morgan fingerprint density at radius 2 is 2.25 bits per heavy atom. The molecule has 2 heterocycles. The Morgan fingerprint density at radius 1 is 1.46 bits per heavy atom. The SMILES string of the molecule is CCN(C(=O)CCC(C)=NOC)c1cn(-c2cccnc2)nc1Cl. The Hall–Kier alpha value is -2.41. The van der Waals surface area contributed by atoms with Crippen LogP contribution < -0.4 is 4.90 Å². The van der Waals surface area contributed by atoms with Crippen molar-refractivity contribution in [3.63, 3.8) is 0 Å². The summed E-state index contributed by atoms with van der Waals surface area (Å²) in [6.07, 6.45) is 5.94. The van der Waals surface area contributed by atoms with E-state index in [4.69, 9.17) is 16.4 Å². The molecule has 1 amide bonds. The number of hydrogen-bond donors (Lipinski definition) is 0. The highest BCUT2D eigenvalue weighted by Gasteiger charge is 2.20. The average Bonchev–Trinajstić information content (AvgIpc) is 2.96. The first-order valence-electron chi connectivity index (χ1n) is 7.59. The number of pyridine rings is 1. The van der Waals surface area contributed by atoms with Gasteiger partial charge in [-0.15, -0.1) is 0 Å². The molecule has 0 N–H and O–H groups in total. The highest BCUT2D eigenvalue weighted by molar-refractivity contribution is 6.32. The van der Waals surface area contributed by atoms with Crippen LogP contribution in [0.1, 0.15) is 26.7 Å². The lowest BCUT2D eigenvalue weighted by Gasteiger charge is -2.19. The fraction of sp³-hybridized carbons (Fsp3) is 0.375. The highest BCUT2D eigenvalue weighted by Crippen LogP contribution is 2.26. The number of oxime groups is 1. The molecule has 24 heavy (non-hydrogen) atoms. The number of hydrogen-bond acceptors (Lipinski definition) is 5. The Labute approximate surface area is 145 Å². The van der Waals surface area contributed by atoms with Crippen molar-refractivity contribution in [3.8, 4) is 5.69 Å². The first-order valence-corrected chi connectivity index (χ1v) is 7.97. The number of halogens is 1. The largest absolute Gasteiger partial charge is 0.399 e. The molecule has 0 fully saturated rings. The van der Waals surface area contributed by atoms with Gasteiger partial charge in [0.05, 0.1) is 23.8 Å². The van der Waals surface area contributed by atoms with E-state index in [0.717, 1.165) is 11.4 Å². The maximum absolute atomic E-state index is 12.5. The lowest BCUT2D eigenvalue weighted by atomic mass is 10.2. The zero-order valence-electron chi connectivity index (χ0n) is 13.9. The Balaban J connectivity index is 2.17. The number of nitrogens with zero attached hydrogens (tertiary/aromatic N) is 5. The number of amides is 1. The van der Waals surface area contributed by atoms with Gasteiger partial charge in [-0.05, 0) is 32.4 Å². The van der Waals surface area contributed by atoms with E-state index >= 15 is 0 Å². The third-order valence-corrected chi connectivity index (χ3v) is 3.69. The van der Waals surface area contributed by atoms with Gasteiger partial charge in [-0.1, -0.05) is 16.8 Å². The summed E-state index contributed by atoms with van der Waals surface area (Å²) in [5.41, 5.74) is 2.12. The number of anilines is 1. The van der Waals surface area contributed by atoms with Crippen molar-refractivity contribution in [1.29, 1.82) is 0 Å². The van der Waals surface area contributed by atoms with E-state index in [0.29, 0.717) is 25.1 Å². The number of carbonyl (C=O) groups is 1. The molecular formula is C16H20ClN5O2. The van der Waals surface area contributed by atoms with Gasteiger partial charge in [0.25, 0.3) is 0 Å². The van der Waals surface area contributed by atoms with Crippen molar-refractivity contribution in [3.05, 3.63) is 35.9 Å². The molecule has 7 nitrogen and oxygen atoms in total. The monoisotopic (exact) mass is 349 g/mol. The summed E-state index contributed by atoms with van der Waals surface area (Å²) in [4.78, 5) is 22.9. The molecule has 0 atom stereocenters. The molecule has 0 bridgehead atoms. The standard InChI is InChI=1S/C16H20ClN5O2/c1-4-21(15(23)8-7-12(2)20-24-3)14-11-22(19-16(14)17)13-6-5-9-18-10-13/h5-6,9-11H,4,7-8H2,1-3H3. The van der Waals surface area contributed by atoms with Crippen LogP contribution in [0.3, 0.4) is 0 Å². The second-order valence-corrected chi connectivity index (χ2v) is 5.47. The zero-order chi connectivity index (χ0) is 17.5. The zero-order valence-corrected chi connectivity index (χ0v) is 14.7. The molecule has 0 spiro atoms. The van der Waals surface area contributed by atoms with Gasteiger partial charge in [0.15, 0.2) is 5.15 Å². The van der Waals surface area contributed by atoms with Crippen LogP contribution in [0.2, 0.25) is 5.15 Å². The van der Waals surface area contributed by atoms with Gasteiger partial charge in [0.1, 0.15) is 12.8 Å². The van der Waals surface area contributed by atoms with Crippen LogP contribution in [-0.2, 0) is 9.63 Å². The third kappa shape index (κ3) is 4.32. The quantitative estimate of drug-likeness (QED) is 0.568. The van der Waals surface area contributed by atoms with E-state index in [1.165, 1.54) is 7.11 Å². The second kappa shape index (κ2) is 8.44. The van der Waals surface area contributed by atoms with E-state index in [9.17, 15) is 4.79 Å². The molecule has 2 aromatic heterocycles. The van der Waals surface area contributed by atoms with Crippen molar-refractivity contribution in [1.82, 2.24) is 14.8 Å². The Morgan fingerprint density at radius 3 is 2.88 bits per heavy atom. The lowest BCUT2D eigenvalue weighted by Crippen LogP contribution is -2.30. The normalized spacial score (nSPS) is 11.4. The van der Waals surface area contributed by atoms with Crippen LogP contribution >= 0.6 is 11.6 Å². The van der Waals surface area contributed by atoms with Crippen molar-refractivity contribution in [2.24, 2.45) is 5.16 Å². The van der Waals surface area contributed by atoms with Gasteiger partial charge in [-0.25, -0.2) is 4.68 Å². The molecule has 8 heteroatoms. The first-order chi connectivity index (χ1) is 11.6. The smallest absolute Gasteiger partial charge is 0.227 e. The summed E-state index contributed by atoms with van der Waals surface area (Å²) in [6, 6.07) is 3.67. The van der Waals surface area contributed by atoms with E-state index < -0.39 is 0 Å². The minimum atomic E-state index is -0.0456. The lowest BCUT2D eigenvalue weighted by molar-refractivity contribution is -0.118. The van der Waals surface area contributed by atoms with Crippen LogP contribution in [0.25, 0.3) is 5.69 Å². The van der Waals surface area contributed by atoms with Crippen LogP contribution in [0.5, 0.6) is 0 Å². The summed E-state index contributed by atoms with van der Waals surface area (Å²) in [7, 11) is 1.48.